The van der Waals surface area contributed by atoms with Crippen molar-refractivity contribution in [2.75, 3.05) is 13.2 Å². The Morgan fingerprint density at radius 2 is 1.59 bits per heavy atom. The Morgan fingerprint density at radius 1 is 0.912 bits per heavy atom. The second kappa shape index (κ2) is 11.7. The largest absolute Gasteiger partial charge is 0.494 e. The van der Waals surface area contributed by atoms with E-state index in [1.165, 1.54) is 12.1 Å². The Labute approximate surface area is 193 Å². The normalized spacial score (nSPS) is 16.0. The summed E-state index contributed by atoms with van der Waals surface area (Å²) in [7, 11) is 0. The number of carbonyl (C=O) groups is 1. The first kappa shape index (κ1) is 25.3. The summed E-state index contributed by atoms with van der Waals surface area (Å²) in [5.74, 6) is -11.2. The van der Waals surface area contributed by atoms with Gasteiger partial charge in [-0.25, -0.2) is 26.7 Å². The molecule has 2 aliphatic rings. The van der Waals surface area contributed by atoms with Gasteiger partial charge in [-0.1, -0.05) is 24.3 Å². The molecular formula is C25H23F5O4. The standard InChI is InChI=1S/C25H23F5O4/c1-15-7-3-2-5-12-33-19-10-9-16(32-11-6-4-8-15)13-17(19)25(31)34-14-18-20(26)22(28)24(30)23(29)21(18)27/h3,7,9-10,13H,1-2,4-6,8,11-12,14H2/b7-3-. The highest BCUT2D eigenvalue weighted by atomic mass is 19.2. The number of esters is 1. The first-order chi connectivity index (χ1) is 16.3. The number of ether oxygens (including phenoxy) is 3. The third kappa shape index (κ3) is 6.15. The van der Waals surface area contributed by atoms with Gasteiger partial charge in [-0.2, -0.15) is 0 Å². The van der Waals surface area contributed by atoms with Gasteiger partial charge in [-0.3, -0.25) is 0 Å². The molecule has 34 heavy (non-hydrogen) atoms. The smallest absolute Gasteiger partial charge is 0.342 e. The van der Waals surface area contributed by atoms with Crippen molar-refractivity contribution >= 4 is 5.97 Å². The van der Waals surface area contributed by atoms with E-state index in [0.717, 1.165) is 31.3 Å². The van der Waals surface area contributed by atoms with E-state index in [-0.39, 0.29) is 17.9 Å². The van der Waals surface area contributed by atoms with Crippen LogP contribution < -0.4 is 9.47 Å². The van der Waals surface area contributed by atoms with E-state index in [9.17, 15) is 26.7 Å². The van der Waals surface area contributed by atoms with Gasteiger partial charge in [0.2, 0.25) is 5.82 Å². The number of carbonyl (C=O) groups excluding carboxylic acids is 1. The van der Waals surface area contributed by atoms with Crippen LogP contribution in [0.1, 0.15) is 48.0 Å². The van der Waals surface area contributed by atoms with Crippen LogP contribution >= 0.6 is 0 Å². The second-order valence-corrected chi connectivity index (χ2v) is 7.64. The van der Waals surface area contributed by atoms with Crippen LogP contribution in [0.25, 0.3) is 0 Å². The minimum Gasteiger partial charge on any atom is -0.494 e. The molecule has 4 rings (SSSR count). The third-order valence-corrected chi connectivity index (χ3v) is 5.11. The van der Waals surface area contributed by atoms with E-state index in [1.807, 2.05) is 12.2 Å². The molecule has 9 heteroatoms. The first-order valence-electron chi connectivity index (χ1n) is 10.7. The zero-order valence-electron chi connectivity index (χ0n) is 18.3. The summed E-state index contributed by atoms with van der Waals surface area (Å²) >= 11 is 0. The molecular weight excluding hydrogens is 459 g/mol. The highest BCUT2D eigenvalue weighted by Gasteiger charge is 2.27. The lowest BCUT2D eigenvalue weighted by Gasteiger charge is -2.14. The van der Waals surface area contributed by atoms with Gasteiger partial charge in [-0.05, 0) is 50.3 Å². The van der Waals surface area contributed by atoms with Crippen LogP contribution in [-0.2, 0) is 11.3 Å². The van der Waals surface area contributed by atoms with Crippen LogP contribution in [-0.4, -0.2) is 19.2 Å². The van der Waals surface area contributed by atoms with Gasteiger partial charge < -0.3 is 14.2 Å². The van der Waals surface area contributed by atoms with Crippen molar-refractivity contribution in [2.45, 2.75) is 38.7 Å². The number of allylic oxidation sites excluding steroid dienone is 3. The van der Waals surface area contributed by atoms with Crippen molar-refractivity contribution in [3.63, 3.8) is 0 Å². The molecule has 2 aromatic carbocycles. The van der Waals surface area contributed by atoms with Gasteiger partial charge in [0.1, 0.15) is 23.7 Å². The van der Waals surface area contributed by atoms with Gasteiger partial charge in [0.05, 0.1) is 18.8 Å². The molecule has 0 aliphatic carbocycles. The van der Waals surface area contributed by atoms with Crippen molar-refractivity contribution in [3.05, 3.63) is 82.7 Å². The lowest BCUT2D eigenvalue weighted by Crippen LogP contribution is -2.13. The van der Waals surface area contributed by atoms with Crippen molar-refractivity contribution in [1.82, 2.24) is 0 Å². The SMILES string of the molecule is C=C1/C=C\CCCOc2ccc(cc2C(=O)OCc2c(F)c(F)c(F)c(F)c2F)OCCCC1. The van der Waals surface area contributed by atoms with E-state index in [2.05, 4.69) is 6.58 Å². The summed E-state index contributed by atoms with van der Waals surface area (Å²) in [5, 5.41) is 0. The monoisotopic (exact) mass is 482 g/mol. The summed E-state index contributed by atoms with van der Waals surface area (Å²) in [6.07, 6.45) is 7.73. The average Bonchev–Trinajstić information content (AvgIpc) is 2.83. The first-order valence-corrected chi connectivity index (χ1v) is 10.7. The van der Waals surface area contributed by atoms with E-state index >= 15 is 0 Å². The molecule has 2 aliphatic heterocycles. The molecule has 0 radical (unpaired) electrons. The Hall–Kier alpha value is -3.36. The third-order valence-electron chi connectivity index (χ3n) is 5.11. The number of hydrogen-bond donors (Lipinski definition) is 0. The predicted molar refractivity (Wildman–Crippen MR) is 114 cm³/mol. The number of fused-ring (bicyclic) bond motifs is 12. The van der Waals surface area contributed by atoms with Crippen LogP contribution in [0.5, 0.6) is 11.5 Å². The van der Waals surface area contributed by atoms with Gasteiger partial charge >= 0.3 is 5.97 Å². The van der Waals surface area contributed by atoms with E-state index in [1.54, 1.807) is 6.07 Å². The molecule has 0 saturated heterocycles. The van der Waals surface area contributed by atoms with Gasteiger partial charge in [0.25, 0.3) is 0 Å². The molecule has 4 nitrogen and oxygen atoms in total. The predicted octanol–water partition coefficient (Wildman–Crippen LogP) is 6.57. The molecule has 0 N–H and O–H groups in total. The quantitative estimate of drug-likeness (QED) is 0.215. The minimum absolute atomic E-state index is 0.0996. The number of benzene rings is 2. The van der Waals surface area contributed by atoms with Crippen molar-refractivity contribution in [1.29, 1.82) is 0 Å². The molecule has 0 unspecified atom stereocenters. The lowest BCUT2D eigenvalue weighted by molar-refractivity contribution is 0.0457. The fraction of sp³-hybridized carbons (Fsp3) is 0.320. The van der Waals surface area contributed by atoms with Crippen LogP contribution in [0, 0.1) is 29.1 Å². The average molecular weight is 482 g/mol. The molecule has 0 atom stereocenters. The van der Waals surface area contributed by atoms with Gasteiger partial charge in [0.15, 0.2) is 23.3 Å². The number of halogens is 5. The Balaban J connectivity index is 1.79. The van der Waals surface area contributed by atoms with Crippen LogP contribution in [0.4, 0.5) is 22.0 Å². The fourth-order valence-electron chi connectivity index (χ4n) is 3.24. The van der Waals surface area contributed by atoms with Crippen LogP contribution in [0.3, 0.4) is 0 Å². The van der Waals surface area contributed by atoms with Crippen molar-refractivity contribution in [2.24, 2.45) is 0 Å². The van der Waals surface area contributed by atoms with E-state index in [0.29, 0.717) is 18.8 Å². The molecule has 0 amide bonds. The van der Waals surface area contributed by atoms with E-state index < -0.39 is 47.2 Å². The fourth-order valence-corrected chi connectivity index (χ4v) is 3.24. The van der Waals surface area contributed by atoms with E-state index in [4.69, 9.17) is 14.2 Å². The molecule has 182 valence electrons. The maximum Gasteiger partial charge on any atom is 0.342 e. The summed E-state index contributed by atoms with van der Waals surface area (Å²) in [5.41, 5.74) is -0.324. The molecule has 0 spiro atoms. The molecule has 0 fully saturated rings. The Morgan fingerprint density at radius 3 is 2.32 bits per heavy atom. The molecule has 0 aromatic heterocycles. The number of rotatable bonds is 3. The van der Waals surface area contributed by atoms with Crippen molar-refractivity contribution < 1.29 is 41.0 Å². The number of hydrogen-bond acceptors (Lipinski definition) is 4. The lowest BCUT2D eigenvalue weighted by atomic mass is 10.1. The van der Waals surface area contributed by atoms with Gasteiger partial charge in [0, 0.05) is 0 Å². The van der Waals surface area contributed by atoms with Crippen LogP contribution in [0.2, 0.25) is 0 Å². The summed E-state index contributed by atoms with van der Waals surface area (Å²) in [4.78, 5) is 12.7. The second-order valence-electron chi connectivity index (χ2n) is 7.64. The summed E-state index contributed by atoms with van der Waals surface area (Å²) in [6.45, 7) is 3.47. The highest BCUT2D eigenvalue weighted by molar-refractivity contribution is 5.93. The maximum absolute atomic E-state index is 13.9. The van der Waals surface area contributed by atoms with Crippen molar-refractivity contribution in [3.8, 4) is 11.5 Å². The summed E-state index contributed by atoms with van der Waals surface area (Å²) in [6, 6.07) is 4.44. The topological polar surface area (TPSA) is 44.8 Å². The molecule has 0 saturated carbocycles. The maximum atomic E-state index is 13.9. The summed E-state index contributed by atoms with van der Waals surface area (Å²) < 4.78 is 84.1. The molecule has 2 bridgehead atoms. The Kier molecular flexibility index (Phi) is 8.67. The molecule has 2 heterocycles. The highest BCUT2D eigenvalue weighted by Crippen LogP contribution is 2.28. The Bertz CT molecular complexity index is 1070. The zero-order chi connectivity index (χ0) is 24.7. The van der Waals surface area contributed by atoms with Gasteiger partial charge in [-0.15, -0.1) is 0 Å². The molecule has 2 aromatic rings. The minimum atomic E-state index is -2.29. The zero-order valence-corrected chi connectivity index (χ0v) is 18.3. The van der Waals surface area contributed by atoms with Crippen LogP contribution in [0.15, 0.2) is 42.5 Å².